The first kappa shape index (κ1) is 12.8. The molecule has 1 N–H and O–H groups in total. The van der Waals surface area contributed by atoms with E-state index in [1.54, 1.807) is 6.07 Å². The number of benzene rings is 1. The van der Waals surface area contributed by atoms with Crippen molar-refractivity contribution in [1.29, 1.82) is 0 Å². The second kappa shape index (κ2) is 5.80. The van der Waals surface area contributed by atoms with Gasteiger partial charge in [0.1, 0.15) is 0 Å². The van der Waals surface area contributed by atoms with E-state index in [1.807, 2.05) is 42.3 Å². The fourth-order valence-corrected chi connectivity index (χ4v) is 1.71. The quantitative estimate of drug-likeness (QED) is 0.919. The molecule has 2 aromatic rings. The first-order valence-corrected chi connectivity index (χ1v) is 5.96. The largest absolute Gasteiger partial charge is 0.390 e. The Bertz CT molecular complexity index is 499. The highest BCUT2D eigenvalue weighted by Gasteiger charge is 2.04. The number of anilines is 1. The van der Waals surface area contributed by atoms with Crippen LogP contribution in [0.15, 0.2) is 36.4 Å². The smallest absolute Gasteiger partial charge is 0.151 e. The predicted octanol–water partition coefficient (Wildman–Crippen LogP) is 2.26. The van der Waals surface area contributed by atoms with Gasteiger partial charge < -0.3 is 10.0 Å². The van der Waals surface area contributed by atoms with Gasteiger partial charge in [0, 0.05) is 18.6 Å². The van der Waals surface area contributed by atoms with Gasteiger partial charge in [-0.25, -0.2) is 0 Å². The highest BCUT2D eigenvalue weighted by Crippen LogP contribution is 2.14. The molecule has 1 aromatic heterocycles. The van der Waals surface area contributed by atoms with Crippen LogP contribution in [0.4, 0.5) is 5.82 Å². The first-order valence-electron chi connectivity index (χ1n) is 5.58. The minimum Gasteiger partial charge on any atom is -0.390 e. The summed E-state index contributed by atoms with van der Waals surface area (Å²) in [5.41, 5.74) is 1.72. The molecule has 5 heteroatoms. The second-order valence-corrected chi connectivity index (χ2v) is 4.46. The van der Waals surface area contributed by atoms with E-state index in [4.69, 9.17) is 16.7 Å². The van der Waals surface area contributed by atoms with Crippen molar-refractivity contribution in [2.75, 3.05) is 11.9 Å². The van der Waals surface area contributed by atoms with Crippen LogP contribution in [0, 0.1) is 0 Å². The van der Waals surface area contributed by atoms with E-state index in [0.29, 0.717) is 5.69 Å². The Kier molecular flexibility index (Phi) is 4.12. The summed E-state index contributed by atoms with van der Waals surface area (Å²) in [5, 5.41) is 17.6. The Balaban J connectivity index is 2.06. The van der Waals surface area contributed by atoms with E-state index in [2.05, 4.69) is 10.2 Å². The molecule has 0 spiro atoms. The molecule has 2 rings (SSSR count). The number of aromatic nitrogens is 2. The van der Waals surface area contributed by atoms with E-state index in [-0.39, 0.29) is 6.61 Å². The lowest BCUT2D eigenvalue weighted by molar-refractivity contribution is 0.275. The van der Waals surface area contributed by atoms with Gasteiger partial charge in [-0.3, -0.25) is 0 Å². The number of rotatable bonds is 4. The molecule has 1 aromatic carbocycles. The van der Waals surface area contributed by atoms with E-state index in [0.717, 1.165) is 22.9 Å². The normalized spacial score (nSPS) is 10.4. The molecule has 18 heavy (non-hydrogen) atoms. The molecule has 0 saturated carbocycles. The summed E-state index contributed by atoms with van der Waals surface area (Å²) in [5.74, 6) is 0.766. The van der Waals surface area contributed by atoms with Gasteiger partial charge in [-0.15, -0.1) is 5.10 Å². The van der Waals surface area contributed by atoms with Crippen molar-refractivity contribution in [2.24, 2.45) is 0 Å². The predicted molar refractivity (Wildman–Crippen MR) is 71.5 cm³/mol. The number of aliphatic hydroxyl groups is 1. The van der Waals surface area contributed by atoms with Crippen molar-refractivity contribution in [3.63, 3.8) is 0 Å². The van der Waals surface area contributed by atoms with Gasteiger partial charge in [-0.2, -0.15) is 5.10 Å². The topological polar surface area (TPSA) is 49.2 Å². The van der Waals surface area contributed by atoms with Gasteiger partial charge >= 0.3 is 0 Å². The van der Waals surface area contributed by atoms with Crippen LogP contribution in [0.25, 0.3) is 0 Å². The van der Waals surface area contributed by atoms with E-state index >= 15 is 0 Å². The van der Waals surface area contributed by atoms with E-state index in [9.17, 15) is 0 Å². The molecule has 0 aliphatic carbocycles. The second-order valence-electron chi connectivity index (χ2n) is 4.02. The highest BCUT2D eigenvalue weighted by atomic mass is 35.5. The maximum atomic E-state index is 8.90. The first-order chi connectivity index (χ1) is 8.69. The Labute approximate surface area is 111 Å². The van der Waals surface area contributed by atoms with Crippen LogP contribution in [0.3, 0.4) is 0 Å². The third kappa shape index (κ3) is 3.18. The van der Waals surface area contributed by atoms with Crippen LogP contribution in [0.5, 0.6) is 0 Å². The Morgan fingerprint density at radius 2 is 1.83 bits per heavy atom. The summed E-state index contributed by atoms with van der Waals surface area (Å²) in [6, 6.07) is 11.3. The van der Waals surface area contributed by atoms with Crippen molar-refractivity contribution < 1.29 is 5.11 Å². The minimum atomic E-state index is -0.0891. The zero-order chi connectivity index (χ0) is 13.0. The van der Waals surface area contributed by atoms with Crippen LogP contribution in [0.1, 0.15) is 11.3 Å². The highest BCUT2D eigenvalue weighted by molar-refractivity contribution is 6.30. The van der Waals surface area contributed by atoms with Gasteiger partial charge in [0.2, 0.25) is 0 Å². The van der Waals surface area contributed by atoms with Gasteiger partial charge in [-0.05, 0) is 29.8 Å². The van der Waals surface area contributed by atoms with E-state index < -0.39 is 0 Å². The summed E-state index contributed by atoms with van der Waals surface area (Å²) >= 11 is 5.84. The molecule has 0 saturated heterocycles. The molecular formula is C13H14ClN3O. The lowest BCUT2D eigenvalue weighted by Gasteiger charge is -2.17. The third-order valence-corrected chi connectivity index (χ3v) is 2.84. The lowest BCUT2D eigenvalue weighted by Crippen LogP contribution is -2.18. The number of hydrogen-bond donors (Lipinski definition) is 1. The number of hydrogen-bond acceptors (Lipinski definition) is 4. The van der Waals surface area contributed by atoms with Crippen LogP contribution in [-0.2, 0) is 13.2 Å². The van der Waals surface area contributed by atoms with Crippen molar-refractivity contribution in [1.82, 2.24) is 10.2 Å². The molecule has 94 valence electrons. The SMILES string of the molecule is CN(Cc1ccc(Cl)cc1)c1ccc(CO)nn1. The molecule has 0 amide bonds. The Morgan fingerprint density at radius 1 is 1.11 bits per heavy atom. The summed E-state index contributed by atoms with van der Waals surface area (Å²) in [6.45, 7) is 0.637. The lowest BCUT2D eigenvalue weighted by atomic mass is 10.2. The van der Waals surface area contributed by atoms with Crippen LogP contribution < -0.4 is 4.90 Å². The summed E-state index contributed by atoms with van der Waals surface area (Å²) in [4.78, 5) is 1.98. The number of aliphatic hydroxyl groups excluding tert-OH is 1. The van der Waals surface area contributed by atoms with E-state index in [1.165, 1.54) is 0 Å². The summed E-state index contributed by atoms with van der Waals surface area (Å²) in [6.07, 6.45) is 0. The maximum absolute atomic E-state index is 8.90. The molecule has 0 bridgehead atoms. The van der Waals surface area contributed by atoms with Crippen molar-refractivity contribution in [3.8, 4) is 0 Å². The average Bonchev–Trinajstić information content (AvgIpc) is 2.41. The molecular weight excluding hydrogens is 250 g/mol. The van der Waals surface area contributed by atoms with Gasteiger partial charge in [0.25, 0.3) is 0 Å². The van der Waals surface area contributed by atoms with Gasteiger partial charge in [-0.1, -0.05) is 23.7 Å². The van der Waals surface area contributed by atoms with Crippen LogP contribution in [-0.4, -0.2) is 22.4 Å². The molecule has 0 unspecified atom stereocenters. The average molecular weight is 264 g/mol. The van der Waals surface area contributed by atoms with Gasteiger partial charge in [0.15, 0.2) is 5.82 Å². The molecule has 0 aliphatic heterocycles. The number of nitrogens with zero attached hydrogens (tertiary/aromatic N) is 3. The zero-order valence-electron chi connectivity index (χ0n) is 10.0. The Hall–Kier alpha value is -1.65. The van der Waals surface area contributed by atoms with Crippen LogP contribution >= 0.6 is 11.6 Å². The fraction of sp³-hybridized carbons (Fsp3) is 0.231. The molecule has 1 heterocycles. The summed E-state index contributed by atoms with van der Waals surface area (Å²) < 4.78 is 0. The van der Waals surface area contributed by atoms with Crippen molar-refractivity contribution in [3.05, 3.63) is 52.7 Å². The number of halogens is 1. The zero-order valence-corrected chi connectivity index (χ0v) is 10.8. The fourth-order valence-electron chi connectivity index (χ4n) is 1.59. The molecule has 4 nitrogen and oxygen atoms in total. The van der Waals surface area contributed by atoms with Crippen molar-refractivity contribution in [2.45, 2.75) is 13.2 Å². The van der Waals surface area contributed by atoms with Crippen molar-refractivity contribution >= 4 is 17.4 Å². The minimum absolute atomic E-state index is 0.0891. The molecule has 0 fully saturated rings. The molecule has 0 radical (unpaired) electrons. The van der Waals surface area contributed by atoms with Gasteiger partial charge in [0.05, 0.1) is 12.3 Å². The molecule has 0 aliphatic rings. The monoisotopic (exact) mass is 263 g/mol. The maximum Gasteiger partial charge on any atom is 0.151 e. The molecule has 0 atom stereocenters. The Morgan fingerprint density at radius 3 is 2.39 bits per heavy atom. The van der Waals surface area contributed by atoms with Crippen LogP contribution in [0.2, 0.25) is 5.02 Å². The third-order valence-electron chi connectivity index (χ3n) is 2.59. The standard InChI is InChI=1S/C13H14ClN3O/c1-17(8-10-2-4-11(14)5-3-10)13-7-6-12(9-18)15-16-13/h2-7,18H,8-9H2,1H3. The summed E-state index contributed by atoms with van der Waals surface area (Å²) in [7, 11) is 1.94.